The van der Waals surface area contributed by atoms with Crippen LogP contribution in [0.3, 0.4) is 0 Å². The van der Waals surface area contributed by atoms with Gasteiger partial charge in [-0.15, -0.1) is 0 Å². The van der Waals surface area contributed by atoms with Gasteiger partial charge in [-0.05, 0) is 11.8 Å². The van der Waals surface area contributed by atoms with Crippen LogP contribution in [0.15, 0.2) is 0 Å². The van der Waals surface area contributed by atoms with Crippen LogP contribution in [0.1, 0.15) is 6.42 Å². The number of fused-ring (bicyclic) bond motifs is 3. The molecule has 3 aliphatic rings. The molecule has 0 aromatic rings. The van der Waals surface area contributed by atoms with Gasteiger partial charge in [-0.3, -0.25) is 0 Å². The third-order valence-corrected chi connectivity index (χ3v) is 5.78. The van der Waals surface area contributed by atoms with Crippen molar-refractivity contribution in [2.45, 2.75) is 37.0 Å². The first-order valence-electron chi connectivity index (χ1n) is 6.60. The Morgan fingerprint density at radius 2 is 1.95 bits per heavy atom. The molecule has 2 bridgehead atoms. The van der Waals surface area contributed by atoms with E-state index in [1.807, 2.05) is 0 Å². The maximum absolute atomic E-state index is 14.1. The molecule has 3 aliphatic heterocycles. The highest BCUT2D eigenvalue weighted by Crippen LogP contribution is 2.48. The Hall–Kier alpha value is 0.730. The molecule has 0 spiro atoms. The zero-order valence-corrected chi connectivity index (χ0v) is 13.8. The van der Waals surface area contributed by atoms with E-state index < -0.39 is 31.2 Å². The second kappa shape index (κ2) is 7.09. The fraction of sp³-hybridized carbons (Fsp3) is 1.00. The summed E-state index contributed by atoms with van der Waals surface area (Å²) in [6.45, 7) is -2.80. The fourth-order valence-electron chi connectivity index (χ4n) is 2.37. The number of hydrogen-bond donors (Lipinski definition) is 1. The second-order valence-electron chi connectivity index (χ2n) is 4.97. The Kier molecular flexibility index (Phi) is 5.60. The van der Waals surface area contributed by atoms with Crippen LogP contribution in [-0.4, -0.2) is 61.9 Å². The summed E-state index contributed by atoms with van der Waals surface area (Å²) in [5.41, 5.74) is 0. The molecule has 0 radical (unpaired) electrons. The Balaban J connectivity index is 1.69. The molecule has 0 aromatic carbocycles. The number of alkyl halides is 1. The predicted molar refractivity (Wildman–Crippen MR) is 75.5 cm³/mol. The molecule has 0 saturated carbocycles. The van der Waals surface area contributed by atoms with Gasteiger partial charge in [0.15, 0.2) is 15.2 Å². The van der Waals surface area contributed by atoms with Crippen molar-refractivity contribution in [2.75, 3.05) is 26.4 Å². The molecule has 3 unspecified atom stereocenters. The van der Waals surface area contributed by atoms with Crippen LogP contribution in [0.2, 0.25) is 0 Å². The van der Waals surface area contributed by atoms with Gasteiger partial charge in [0.05, 0.1) is 25.9 Å². The number of hydrogen-bond acceptors (Lipinski definition) is 7. The normalized spacial score (nSPS) is 50.1. The quantitative estimate of drug-likeness (QED) is 0.641. The largest absolute Gasteiger partial charge is 0.373 e. The van der Waals surface area contributed by atoms with E-state index in [2.05, 4.69) is 0 Å². The van der Waals surface area contributed by atoms with Gasteiger partial charge in [-0.2, -0.15) is 0 Å². The molecule has 7 atom stereocenters. The highest BCUT2D eigenvalue weighted by atomic mass is 32.5. The minimum atomic E-state index is -3.47. The van der Waals surface area contributed by atoms with Crippen molar-refractivity contribution in [3.05, 3.63) is 0 Å². The predicted octanol–water partition coefficient (Wildman–Crippen LogP) is 1.05. The summed E-state index contributed by atoms with van der Waals surface area (Å²) in [6, 6.07) is 0. The molecule has 122 valence electrons. The van der Waals surface area contributed by atoms with Gasteiger partial charge >= 0.3 is 6.72 Å². The minimum absolute atomic E-state index is 0.114. The topological polar surface area (TPSA) is 75.6 Å². The molecule has 1 N–H and O–H groups in total. The lowest BCUT2D eigenvalue weighted by Crippen LogP contribution is -2.30. The van der Waals surface area contributed by atoms with Crippen LogP contribution < -0.4 is 0 Å². The highest BCUT2D eigenvalue weighted by molar-refractivity contribution is 8.07. The average molecular weight is 362 g/mol. The zero-order valence-electron chi connectivity index (χ0n) is 11.1. The Labute approximate surface area is 128 Å². The molecule has 0 amide bonds. The lowest BCUT2D eigenvalue weighted by Gasteiger charge is -2.24. The molecule has 3 rings (SSSR count). The summed E-state index contributed by atoms with van der Waals surface area (Å²) in [5.74, 6) is 0. The van der Waals surface area contributed by atoms with Crippen LogP contribution in [-0.2, 0) is 39.4 Å². The first kappa shape index (κ1) is 16.6. The third kappa shape index (κ3) is 4.18. The van der Waals surface area contributed by atoms with Gasteiger partial charge in [0.1, 0.15) is 18.3 Å². The molecule has 3 fully saturated rings. The van der Waals surface area contributed by atoms with Crippen LogP contribution in [0.5, 0.6) is 0 Å². The lowest BCUT2D eigenvalue weighted by atomic mass is 10.2. The van der Waals surface area contributed by atoms with Crippen molar-refractivity contribution in [2.24, 2.45) is 0 Å². The summed E-state index contributed by atoms with van der Waals surface area (Å²) in [7, 11) is -0.308. The van der Waals surface area contributed by atoms with Gasteiger partial charge in [-0.25, -0.2) is 4.39 Å². The standard InChI is InChI=1S/C10H17FO7P2S/c11-10-8-5-16-20(12,21)18-6-1-2-13-7(6)4-15-19-17-9(10)3-14-8/h6-10,19H,1-5H2,(H,12,21)/t6-,7+,8+,9-,10?,20?/m0/s1. The monoisotopic (exact) mass is 362 g/mol. The van der Waals surface area contributed by atoms with Crippen molar-refractivity contribution in [1.82, 2.24) is 0 Å². The third-order valence-electron chi connectivity index (χ3n) is 3.51. The van der Waals surface area contributed by atoms with Gasteiger partial charge < -0.3 is 32.5 Å². The molecule has 0 aromatic heterocycles. The van der Waals surface area contributed by atoms with Crippen LogP contribution in [0, 0.1) is 0 Å². The van der Waals surface area contributed by atoms with Gasteiger partial charge in [-0.1, -0.05) is 0 Å². The van der Waals surface area contributed by atoms with Gasteiger partial charge in [0.2, 0.25) is 0 Å². The first-order valence-corrected chi connectivity index (χ1v) is 10.0. The van der Waals surface area contributed by atoms with Crippen molar-refractivity contribution < 1.29 is 36.9 Å². The second-order valence-corrected chi connectivity index (χ2v) is 8.45. The van der Waals surface area contributed by atoms with Crippen LogP contribution in [0.25, 0.3) is 0 Å². The maximum atomic E-state index is 14.1. The Bertz CT molecular complexity index is 417. The van der Waals surface area contributed by atoms with Crippen molar-refractivity contribution in [3.63, 3.8) is 0 Å². The SMILES string of the molecule is OP1(=S)OC[C@H]2OC[C@H](OPOC[C@H]3OCC[C@@H]3O1)C2F. The molecule has 7 nitrogen and oxygen atoms in total. The van der Waals surface area contributed by atoms with E-state index in [0.29, 0.717) is 13.0 Å². The van der Waals surface area contributed by atoms with E-state index in [4.69, 9.17) is 39.4 Å². The van der Waals surface area contributed by atoms with E-state index >= 15 is 0 Å². The highest BCUT2D eigenvalue weighted by Gasteiger charge is 2.41. The maximum Gasteiger partial charge on any atom is 0.324 e. The Morgan fingerprint density at radius 3 is 2.81 bits per heavy atom. The number of ether oxygens (including phenoxy) is 2. The molecule has 0 aliphatic carbocycles. The fourth-order valence-corrected chi connectivity index (χ4v) is 4.48. The number of halogens is 1. The Morgan fingerprint density at radius 1 is 1.10 bits per heavy atom. The van der Waals surface area contributed by atoms with Crippen molar-refractivity contribution in [1.29, 1.82) is 0 Å². The number of rotatable bonds is 0. The minimum Gasteiger partial charge on any atom is -0.373 e. The van der Waals surface area contributed by atoms with E-state index in [1.54, 1.807) is 0 Å². The molecule has 21 heavy (non-hydrogen) atoms. The molecular formula is C10H17FO7P2S. The molecule has 11 heteroatoms. The van der Waals surface area contributed by atoms with Gasteiger partial charge in [0.25, 0.3) is 0 Å². The summed E-state index contributed by atoms with van der Waals surface area (Å²) in [6.07, 6.45) is -3.02. The van der Waals surface area contributed by atoms with Crippen LogP contribution in [0.4, 0.5) is 4.39 Å². The van der Waals surface area contributed by atoms with Gasteiger partial charge in [0, 0.05) is 13.0 Å². The summed E-state index contributed by atoms with van der Waals surface area (Å²) < 4.78 is 46.1. The van der Waals surface area contributed by atoms with Crippen molar-refractivity contribution in [3.8, 4) is 0 Å². The summed E-state index contributed by atoms with van der Waals surface area (Å²) >= 11 is 4.95. The van der Waals surface area contributed by atoms with E-state index in [-0.39, 0.29) is 35.0 Å². The average Bonchev–Trinajstić information content (AvgIpc) is 3.00. The summed E-state index contributed by atoms with van der Waals surface area (Å²) in [4.78, 5) is 10.1. The van der Waals surface area contributed by atoms with E-state index in [0.717, 1.165) is 0 Å². The molecule has 3 saturated heterocycles. The molecular weight excluding hydrogens is 345 g/mol. The lowest BCUT2D eigenvalue weighted by molar-refractivity contribution is 0.00260. The van der Waals surface area contributed by atoms with Crippen LogP contribution >= 0.6 is 15.8 Å². The smallest absolute Gasteiger partial charge is 0.324 e. The zero-order chi connectivity index (χ0) is 14.9. The van der Waals surface area contributed by atoms with E-state index in [1.165, 1.54) is 0 Å². The first-order chi connectivity index (χ1) is 10.1. The van der Waals surface area contributed by atoms with Crippen molar-refractivity contribution >= 4 is 27.6 Å². The van der Waals surface area contributed by atoms with E-state index in [9.17, 15) is 9.28 Å². The summed E-state index contributed by atoms with van der Waals surface area (Å²) in [5, 5.41) is 0. The molecule has 3 heterocycles.